The van der Waals surface area contributed by atoms with E-state index in [0.29, 0.717) is 12.2 Å². The molecule has 2 heterocycles. The maximum atomic E-state index is 13.0. The van der Waals surface area contributed by atoms with Crippen molar-refractivity contribution in [2.45, 2.75) is 33.0 Å². The van der Waals surface area contributed by atoms with Crippen LogP contribution in [0.1, 0.15) is 29.6 Å². The van der Waals surface area contributed by atoms with Crippen LogP contribution in [0.25, 0.3) is 5.69 Å². The number of halogens is 3. The number of aryl methyl sites for hydroxylation is 2. The summed E-state index contributed by atoms with van der Waals surface area (Å²) < 4.78 is 42.7. The van der Waals surface area contributed by atoms with Gasteiger partial charge in [-0.3, -0.25) is 0 Å². The van der Waals surface area contributed by atoms with Crippen molar-refractivity contribution in [3.05, 3.63) is 65.8 Å². The molecule has 0 unspecified atom stereocenters. The summed E-state index contributed by atoms with van der Waals surface area (Å²) in [7, 11) is 0. The number of alkyl halides is 3. The van der Waals surface area contributed by atoms with Gasteiger partial charge in [0.05, 0.1) is 24.1 Å². The molecule has 0 bridgehead atoms. The molecule has 4 nitrogen and oxygen atoms in total. The fourth-order valence-corrected chi connectivity index (χ4v) is 2.64. The molecule has 0 atom stereocenters. The Bertz CT molecular complexity index is 846. The molecule has 0 spiro atoms. The molecule has 3 aromatic rings. The summed E-state index contributed by atoms with van der Waals surface area (Å²) in [6.45, 7) is 4.01. The second kappa shape index (κ2) is 6.14. The van der Waals surface area contributed by atoms with E-state index in [0.717, 1.165) is 24.0 Å². The molecule has 0 saturated carbocycles. The van der Waals surface area contributed by atoms with E-state index in [1.54, 1.807) is 23.0 Å². The Kier molecular flexibility index (Phi) is 4.17. The summed E-state index contributed by atoms with van der Waals surface area (Å²) in [6.07, 6.45) is 3.31. The van der Waals surface area contributed by atoms with E-state index in [1.807, 2.05) is 17.7 Å². The van der Waals surface area contributed by atoms with Crippen LogP contribution in [0.2, 0.25) is 0 Å². The summed E-state index contributed by atoms with van der Waals surface area (Å²) in [5.74, 6) is 0.944. The van der Waals surface area contributed by atoms with E-state index in [-0.39, 0.29) is 5.56 Å². The second-order valence-electron chi connectivity index (χ2n) is 5.59. The molecule has 0 aliphatic carbocycles. The average Bonchev–Trinajstić information content (AvgIpc) is 3.16. The van der Waals surface area contributed by atoms with Crippen LogP contribution in [-0.2, 0) is 19.1 Å². The molecule has 0 N–H and O–H groups in total. The summed E-state index contributed by atoms with van der Waals surface area (Å²) in [4.78, 5) is 8.54. The summed E-state index contributed by atoms with van der Waals surface area (Å²) in [5, 5.41) is 0. The lowest BCUT2D eigenvalue weighted by atomic mass is 10.1. The van der Waals surface area contributed by atoms with Gasteiger partial charge in [0.1, 0.15) is 5.82 Å². The normalized spacial score (nSPS) is 11.9. The topological polar surface area (TPSA) is 35.6 Å². The largest absolute Gasteiger partial charge is 0.416 e. The van der Waals surface area contributed by atoms with Gasteiger partial charge in [-0.1, -0.05) is 13.0 Å². The molecule has 3 rings (SSSR count). The predicted octanol–water partition coefficient (Wildman–Crippen LogP) is 4.01. The highest BCUT2D eigenvalue weighted by molar-refractivity contribution is 5.41. The van der Waals surface area contributed by atoms with Gasteiger partial charge < -0.3 is 9.13 Å². The molecule has 24 heavy (non-hydrogen) atoms. The number of nitrogens with zero attached hydrogens (tertiary/aromatic N) is 4. The molecule has 0 saturated heterocycles. The van der Waals surface area contributed by atoms with Crippen molar-refractivity contribution in [3.8, 4) is 5.69 Å². The Morgan fingerprint density at radius 3 is 2.67 bits per heavy atom. The zero-order valence-corrected chi connectivity index (χ0v) is 13.4. The summed E-state index contributed by atoms with van der Waals surface area (Å²) in [5.41, 5.74) is 0.778. The van der Waals surface area contributed by atoms with Crippen LogP contribution < -0.4 is 0 Å². The Morgan fingerprint density at radius 2 is 1.96 bits per heavy atom. The highest BCUT2D eigenvalue weighted by atomic mass is 19.4. The minimum atomic E-state index is -4.36. The molecule has 0 fully saturated rings. The van der Waals surface area contributed by atoms with Crippen molar-refractivity contribution in [1.82, 2.24) is 19.1 Å². The van der Waals surface area contributed by atoms with Gasteiger partial charge in [0.2, 0.25) is 0 Å². The van der Waals surface area contributed by atoms with E-state index in [9.17, 15) is 13.2 Å². The first-order valence-corrected chi connectivity index (χ1v) is 7.59. The van der Waals surface area contributed by atoms with Crippen LogP contribution in [0.4, 0.5) is 13.2 Å². The Hall–Kier alpha value is -2.57. The zero-order chi connectivity index (χ0) is 17.3. The number of rotatable bonds is 4. The smallest absolute Gasteiger partial charge is 0.329 e. The van der Waals surface area contributed by atoms with Gasteiger partial charge in [-0.05, 0) is 24.6 Å². The van der Waals surface area contributed by atoms with Crippen LogP contribution >= 0.6 is 0 Å². The molecule has 0 aliphatic heterocycles. The second-order valence-corrected chi connectivity index (χ2v) is 5.59. The van der Waals surface area contributed by atoms with Crippen molar-refractivity contribution in [2.75, 3.05) is 0 Å². The van der Waals surface area contributed by atoms with Crippen molar-refractivity contribution >= 4 is 0 Å². The average molecular weight is 334 g/mol. The van der Waals surface area contributed by atoms with Crippen LogP contribution in [0, 0.1) is 6.92 Å². The minimum absolute atomic E-state index is 0.206. The van der Waals surface area contributed by atoms with Gasteiger partial charge in [0.15, 0.2) is 0 Å². The number of aromatic nitrogens is 4. The first-order chi connectivity index (χ1) is 11.4. The maximum absolute atomic E-state index is 13.0. The van der Waals surface area contributed by atoms with Gasteiger partial charge >= 0.3 is 6.18 Å². The predicted molar refractivity (Wildman–Crippen MR) is 84.0 cm³/mol. The molecule has 1 aromatic carbocycles. The SMILES string of the molecule is CCc1nccn1Cc1cn(-c2ccc(C)c(C(F)(F)F)c2)cn1. The number of imidazole rings is 2. The van der Waals surface area contributed by atoms with Crippen molar-refractivity contribution in [1.29, 1.82) is 0 Å². The first kappa shape index (κ1) is 16.3. The first-order valence-electron chi connectivity index (χ1n) is 7.59. The fourth-order valence-electron chi connectivity index (χ4n) is 2.64. The molecule has 0 amide bonds. The lowest BCUT2D eigenvalue weighted by Crippen LogP contribution is -2.08. The van der Waals surface area contributed by atoms with Crippen LogP contribution in [-0.4, -0.2) is 19.1 Å². The third-order valence-corrected chi connectivity index (χ3v) is 3.91. The van der Waals surface area contributed by atoms with Crippen molar-refractivity contribution in [2.24, 2.45) is 0 Å². The minimum Gasteiger partial charge on any atom is -0.329 e. The van der Waals surface area contributed by atoms with Crippen molar-refractivity contribution in [3.63, 3.8) is 0 Å². The van der Waals surface area contributed by atoms with E-state index in [4.69, 9.17) is 0 Å². The Labute approximate surface area is 137 Å². The Morgan fingerprint density at radius 1 is 1.17 bits per heavy atom. The van der Waals surface area contributed by atoms with Crippen LogP contribution in [0.5, 0.6) is 0 Å². The van der Waals surface area contributed by atoms with Crippen LogP contribution in [0.3, 0.4) is 0 Å². The molecule has 2 aromatic heterocycles. The summed E-state index contributed by atoms with van der Waals surface area (Å²) in [6, 6.07) is 4.28. The third-order valence-electron chi connectivity index (χ3n) is 3.91. The molecule has 0 radical (unpaired) electrons. The number of benzene rings is 1. The zero-order valence-electron chi connectivity index (χ0n) is 13.4. The molecular formula is C17H17F3N4. The molecule has 7 heteroatoms. The highest BCUT2D eigenvalue weighted by Crippen LogP contribution is 2.33. The van der Waals surface area contributed by atoms with Gasteiger partial charge in [0.25, 0.3) is 0 Å². The van der Waals surface area contributed by atoms with E-state index < -0.39 is 11.7 Å². The third kappa shape index (κ3) is 3.20. The van der Waals surface area contributed by atoms with Crippen molar-refractivity contribution < 1.29 is 13.2 Å². The molecule has 0 aliphatic rings. The van der Waals surface area contributed by atoms with Crippen LogP contribution in [0.15, 0.2) is 43.1 Å². The summed E-state index contributed by atoms with van der Waals surface area (Å²) >= 11 is 0. The van der Waals surface area contributed by atoms with E-state index >= 15 is 0 Å². The number of hydrogen-bond donors (Lipinski definition) is 0. The maximum Gasteiger partial charge on any atom is 0.416 e. The monoisotopic (exact) mass is 334 g/mol. The highest BCUT2D eigenvalue weighted by Gasteiger charge is 2.32. The van der Waals surface area contributed by atoms with Gasteiger partial charge in [-0.15, -0.1) is 0 Å². The lowest BCUT2D eigenvalue weighted by Gasteiger charge is -2.12. The molecule has 126 valence electrons. The van der Waals surface area contributed by atoms with Gasteiger partial charge in [-0.2, -0.15) is 13.2 Å². The van der Waals surface area contributed by atoms with E-state index in [2.05, 4.69) is 9.97 Å². The van der Waals surface area contributed by atoms with Gasteiger partial charge in [-0.25, -0.2) is 9.97 Å². The quantitative estimate of drug-likeness (QED) is 0.723. The molecular weight excluding hydrogens is 317 g/mol. The fraction of sp³-hybridized carbons (Fsp3) is 0.294. The number of hydrogen-bond acceptors (Lipinski definition) is 2. The van der Waals surface area contributed by atoms with Gasteiger partial charge in [0, 0.05) is 30.7 Å². The Balaban J connectivity index is 1.88. The lowest BCUT2D eigenvalue weighted by molar-refractivity contribution is -0.138. The standard InChI is InChI=1S/C17H17F3N4/c1-3-16-21-6-7-23(16)9-13-10-24(11-22-13)14-5-4-12(2)15(8-14)17(18,19)20/h4-8,10-11H,3,9H2,1-2H3. The van der Waals surface area contributed by atoms with E-state index in [1.165, 1.54) is 19.3 Å².